The number of sulfonamides is 1. The predicted molar refractivity (Wildman–Crippen MR) is 102 cm³/mol. The van der Waals surface area contributed by atoms with Gasteiger partial charge in [0.2, 0.25) is 10.0 Å². The highest BCUT2D eigenvalue weighted by Gasteiger charge is 2.33. The maximum atomic E-state index is 13.5. The van der Waals surface area contributed by atoms with Crippen LogP contribution in [0.1, 0.15) is 43.2 Å². The van der Waals surface area contributed by atoms with Gasteiger partial charge >= 0.3 is 0 Å². The zero-order valence-electron chi connectivity index (χ0n) is 15.5. The highest BCUT2D eigenvalue weighted by Crippen LogP contribution is 2.28. The van der Waals surface area contributed by atoms with Crippen molar-refractivity contribution in [1.82, 2.24) is 9.21 Å². The molecular formula is C20H30N2O3S. The molecule has 0 unspecified atom stereocenters. The van der Waals surface area contributed by atoms with E-state index in [1.165, 1.54) is 24.0 Å². The highest BCUT2D eigenvalue weighted by molar-refractivity contribution is 7.89. The summed E-state index contributed by atoms with van der Waals surface area (Å²) in [6.07, 6.45) is 7.27. The minimum absolute atomic E-state index is 0.0598. The van der Waals surface area contributed by atoms with Crippen molar-refractivity contribution in [1.29, 1.82) is 0 Å². The van der Waals surface area contributed by atoms with Gasteiger partial charge in [-0.2, -0.15) is 4.31 Å². The van der Waals surface area contributed by atoms with Crippen molar-refractivity contribution >= 4 is 10.0 Å². The van der Waals surface area contributed by atoms with Crippen LogP contribution >= 0.6 is 0 Å². The Bertz CT molecular complexity index is 723. The second-order valence-corrected chi connectivity index (χ2v) is 9.68. The SMILES string of the molecule is O=S(=O)(c1ccc2c(c1)CCC2)N(CCN1CCCC1)C1CCOCC1. The normalized spacial score (nSPS) is 22.2. The lowest BCUT2D eigenvalue weighted by atomic mass is 10.1. The van der Waals surface area contributed by atoms with Crippen LogP contribution in [0, 0.1) is 0 Å². The molecule has 2 aliphatic heterocycles. The van der Waals surface area contributed by atoms with Crippen LogP contribution in [0.5, 0.6) is 0 Å². The number of nitrogens with zero attached hydrogens (tertiary/aromatic N) is 2. The van der Waals surface area contributed by atoms with Crippen molar-refractivity contribution in [3.05, 3.63) is 29.3 Å². The zero-order valence-corrected chi connectivity index (χ0v) is 16.3. The van der Waals surface area contributed by atoms with Gasteiger partial charge in [-0.15, -0.1) is 0 Å². The number of aryl methyl sites for hydroxylation is 2. The molecule has 0 aromatic heterocycles. The average Bonchev–Trinajstić information content (AvgIpc) is 3.33. The molecule has 6 heteroatoms. The predicted octanol–water partition coefficient (Wildman–Crippen LogP) is 2.44. The fourth-order valence-electron chi connectivity index (χ4n) is 4.56. The quantitative estimate of drug-likeness (QED) is 0.763. The summed E-state index contributed by atoms with van der Waals surface area (Å²) < 4.78 is 34.3. The Morgan fingerprint density at radius 1 is 1.04 bits per heavy atom. The molecule has 1 aromatic carbocycles. The van der Waals surface area contributed by atoms with Crippen LogP contribution in [0.15, 0.2) is 23.1 Å². The molecule has 26 heavy (non-hydrogen) atoms. The molecule has 4 rings (SSSR count). The maximum absolute atomic E-state index is 13.5. The molecule has 0 N–H and O–H groups in total. The molecule has 3 aliphatic rings. The molecule has 0 atom stereocenters. The van der Waals surface area contributed by atoms with E-state index in [9.17, 15) is 8.42 Å². The lowest BCUT2D eigenvalue weighted by Crippen LogP contribution is -2.46. The molecule has 1 aromatic rings. The second-order valence-electron chi connectivity index (χ2n) is 7.79. The van der Waals surface area contributed by atoms with Crippen molar-refractivity contribution in [2.24, 2.45) is 0 Å². The molecule has 5 nitrogen and oxygen atoms in total. The van der Waals surface area contributed by atoms with Gasteiger partial charge in [0.1, 0.15) is 0 Å². The summed E-state index contributed by atoms with van der Waals surface area (Å²) in [5.74, 6) is 0. The first-order chi connectivity index (χ1) is 12.6. The minimum atomic E-state index is -3.46. The van der Waals surface area contributed by atoms with Gasteiger partial charge in [0.05, 0.1) is 4.90 Å². The van der Waals surface area contributed by atoms with Crippen LogP contribution in [0.2, 0.25) is 0 Å². The lowest BCUT2D eigenvalue weighted by molar-refractivity contribution is 0.0568. The van der Waals surface area contributed by atoms with E-state index < -0.39 is 10.0 Å². The minimum Gasteiger partial charge on any atom is -0.381 e. The summed E-state index contributed by atoms with van der Waals surface area (Å²) in [6, 6.07) is 5.84. The Morgan fingerprint density at radius 3 is 2.54 bits per heavy atom. The first-order valence-electron chi connectivity index (χ1n) is 10.1. The van der Waals surface area contributed by atoms with Gasteiger partial charge in [-0.1, -0.05) is 6.07 Å². The zero-order chi connectivity index (χ0) is 18.0. The standard InChI is InChI=1S/C20H30N2O3S/c23-26(24,20-7-6-17-4-3-5-18(17)16-20)22(19-8-14-25-15-9-19)13-12-21-10-1-2-11-21/h6-7,16,19H,1-5,8-15H2. The van der Waals surface area contributed by atoms with E-state index in [1.807, 2.05) is 18.2 Å². The van der Waals surface area contributed by atoms with Gasteiger partial charge < -0.3 is 9.64 Å². The molecule has 1 aliphatic carbocycles. The van der Waals surface area contributed by atoms with E-state index in [1.54, 1.807) is 4.31 Å². The van der Waals surface area contributed by atoms with Crippen LogP contribution in [-0.4, -0.2) is 63.1 Å². The van der Waals surface area contributed by atoms with Gasteiger partial charge in [-0.3, -0.25) is 0 Å². The van der Waals surface area contributed by atoms with Crippen LogP contribution in [0.3, 0.4) is 0 Å². The van der Waals surface area contributed by atoms with Crippen LogP contribution in [0.25, 0.3) is 0 Å². The summed E-state index contributed by atoms with van der Waals surface area (Å²) in [7, 11) is -3.46. The third kappa shape index (κ3) is 3.84. The maximum Gasteiger partial charge on any atom is 0.243 e. The fourth-order valence-corrected chi connectivity index (χ4v) is 6.29. The summed E-state index contributed by atoms with van der Waals surface area (Å²) in [5.41, 5.74) is 2.54. The van der Waals surface area contributed by atoms with E-state index in [4.69, 9.17) is 4.74 Å². The number of hydrogen-bond donors (Lipinski definition) is 0. The van der Waals surface area contributed by atoms with Gasteiger partial charge in [-0.05, 0) is 81.3 Å². The first-order valence-corrected chi connectivity index (χ1v) is 11.5. The number of fused-ring (bicyclic) bond motifs is 1. The smallest absolute Gasteiger partial charge is 0.243 e. The Labute approximate surface area is 157 Å². The van der Waals surface area contributed by atoms with E-state index >= 15 is 0 Å². The molecule has 0 spiro atoms. The molecule has 144 valence electrons. The Kier molecular flexibility index (Phi) is 5.64. The largest absolute Gasteiger partial charge is 0.381 e. The molecule has 2 heterocycles. The van der Waals surface area contributed by atoms with Gasteiger partial charge in [0.25, 0.3) is 0 Å². The topological polar surface area (TPSA) is 49.9 Å². The summed E-state index contributed by atoms with van der Waals surface area (Å²) in [4.78, 5) is 2.87. The Balaban J connectivity index is 1.57. The van der Waals surface area contributed by atoms with Gasteiger partial charge in [0, 0.05) is 32.3 Å². The number of benzene rings is 1. The Morgan fingerprint density at radius 2 is 1.77 bits per heavy atom. The van der Waals surface area contributed by atoms with Crippen LogP contribution in [-0.2, 0) is 27.6 Å². The van der Waals surface area contributed by atoms with Crippen molar-refractivity contribution in [3.63, 3.8) is 0 Å². The molecule has 2 fully saturated rings. The molecule has 0 amide bonds. The van der Waals surface area contributed by atoms with E-state index in [0.29, 0.717) is 24.7 Å². The summed E-state index contributed by atoms with van der Waals surface area (Å²) in [6.45, 7) is 4.93. The number of likely N-dealkylation sites (tertiary alicyclic amines) is 1. The number of rotatable bonds is 6. The molecular weight excluding hydrogens is 348 g/mol. The van der Waals surface area contributed by atoms with E-state index in [2.05, 4.69) is 4.90 Å². The monoisotopic (exact) mass is 378 g/mol. The Hall–Kier alpha value is -0.950. The third-order valence-electron chi connectivity index (χ3n) is 6.11. The van der Waals surface area contributed by atoms with Gasteiger partial charge in [0.15, 0.2) is 0 Å². The number of hydrogen-bond acceptors (Lipinski definition) is 4. The van der Waals surface area contributed by atoms with E-state index in [0.717, 1.165) is 51.7 Å². The lowest BCUT2D eigenvalue weighted by Gasteiger charge is -2.34. The number of ether oxygens (including phenoxy) is 1. The second kappa shape index (κ2) is 7.97. The average molecular weight is 379 g/mol. The van der Waals surface area contributed by atoms with Crippen LogP contribution < -0.4 is 0 Å². The van der Waals surface area contributed by atoms with Crippen LogP contribution in [0.4, 0.5) is 0 Å². The van der Waals surface area contributed by atoms with Gasteiger partial charge in [-0.25, -0.2) is 8.42 Å². The fraction of sp³-hybridized carbons (Fsp3) is 0.700. The highest BCUT2D eigenvalue weighted by atomic mass is 32.2. The molecule has 2 saturated heterocycles. The first kappa shape index (κ1) is 18.4. The molecule has 0 bridgehead atoms. The molecule has 0 radical (unpaired) electrons. The third-order valence-corrected chi connectivity index (χ3v) is 8.06. The van der Waals surface area contributed by atoms with Crippen molar-refractivity contribution < 1.29 is 13.2 Å². The summed E-state index contributed by atoms with van der Waals surface area (Å²) in [5, 5.41) is 0. The van der Waals surface area contributed by atoms with E-state index in [-0.39, 0.29) is 6.04 Å². The van der Waals surface area contributed by atoms with Crippen molar-refractivity contribution in [3.8, 4) is 0 Å². The summed E-state index contributed by atoms with van der Waals surface area (Å²) >= 11 is 0. The van der Waals surface area contributed by atoms with Crippen molar-refractivity contribution in [2.75, 3.05) is 39.4 Å². The van der Waals surface area contributed by atoms with Crippen molar-refractivity contribution in [2.45, 2.75) is 55.9 Å². The molecule has 0 saturated carbocycles.